The summed E-state index contributed by atoms with van der Waals surface area (Å²) in [6, 6.07) is 19.6. The van der Waals surface area contributed by atoms with Gasteiger partial charge in [0.2, 0.25) is 11.1 Å². The predicted molar refractivity (Wildman–Crippen MR) is 126 cm³/mol. The quantitative estimate of drug-likeness (QED) is 0.437. The molecule has 0 aliphatic carbocycles. The van der Waals surface area contributed by atoms with Crippen LogP contribution >= 0.6 is 11.8 Å². The van der Waals surface area contributed by atoms with Crippen molar-refractivity contribution in [1.82, 2.24) is 29.7 Å². The van der Waals surface area contributed by atoms with Crippen molar-refractivity contribution in [2.24, 2.45) is 5.92 Å². The van der Waals surface area contributed by atoms with Crippen molar-refractivity contribution in [3.63, 3.8) is 0 Å². The van der Waals surface area contributed by atoms with Crippen LogP contribution in [0.25, 0.3) is 16.5 Å². The molecule has 6 rings (SSSR count). The molecule has 0 radical (unpaired) electrons. The average Bonchev–Trinajstić information content (AvgIpc) is 3.31. The molecule has 0 spiro atoms. The van der Waals surface area contributed by atoms with Crippen LogP contribution in [0, 0.1) is 5.92 Å². The molecular weight excluding hydrogens is 436 g/mol. The molecule has 2 aromatic carbocycles. The maximum absolute atomic E-state index is 13.1. The lowest BCUT2D eigenvalue weighted by Gasteiger charge is -2.42. The van der Waals surface area contributed by atoms with Gasteiger partial charge < -0.3 is 9.47 Å². The molecule has 2 aliphatic rings. The molecule has 166 valence electrons. The molecule has 8 nitrogen and oxygen atoms in total. The van der Waals surface area contributed by atoms with Gasteiger partial charge in [0.1, 0.15) is 0 Å². The molecule has 2 aliphatic heterocycles. The molecule has 1 saturated heterocycles. The zero-order valence-corrected chi connectivity index (χ0v) is 18.7. The van der Waals surface area contributed by atoms with Crippen LogP contribution in [-0.2, 0) is 11.3 Å². The fourth-order valence-corrected chi connectivity index (χ4v) is 5.92. The fraction of sp³-hybridized carbons (Fsp3) is 0.292. The van der Waals surface area contributed by atoms with Crippen LogP contribution in [0.1, 0.15) is 18.0 Å². The first-order chi connectivity index (χ1) is 16.2. The maximum atomic E-state index is 13.1. The first-order valence-corrected chi connectivity index (χ1v) is 12.0. The second-order valence-electron chi connectivity index (χ2n) is 8.66. The summed E-state index contributed by atoms with van der Waals surface area (Å²) in [5, 5.41) is 15.0. The van der Waals surface area contributed by atoms with E-state index in [0.29, 0.717) is 30.7 Å². The molecule has 4 aromatic rings. The summed E-state index contributed by atoms with van der Waals surface area (Å²) in [5.74, 6) is 0.869. The van der Waals surface area contributed by atoms with Gasteiger partial charge in [0.15, 0.2) is 0 Å². The number of hydrogen-bond acceptors (Lipinski definition) is 6. The van der Waals surface area contributed by atoms with E-state index in [1.807, 2.05) is 51.9 Å². The van der Waals surface area contributed by atoms with E-state index in [1.54, 1.807) is 10.7 Å². The number of hydrogen-bond donors (Lipinski definition) is 0. The van der Waals surface area contributed by atoms with E-state index >= 15 is 0 Å². The van der Waals surface area contributed by atoms with Crippen molar-refractivity contribution in [1.29, 1.82) is 0 Å². The van der Waals surface area contributed by atoms with Gasteiger partial charge >= 0.3 is 0 Å². The monoisotopic (exact) mass is 458 g/mol. The number of carbonyl (C=O) groups excluding carboxylic acids is 1. The molecule has 2 aromatic heterocycles. The summed E-state index contributed by atoms with van der Waals surface area (Å²) in [4.78, 5) is 27.3. The van der Waals surface area contributed by atoms with Gasteiger partial charge in [-0.1, -0.05) is 54.2 Å². The first kappa shape index (κ1) is 20.2. The molecule has 1 fully saturated rings. The van der Waals surface area contributed by atoms with Crippen LogP contribution in [0.3, 0.4) is 0 Å². The molecule has 33 heavy (non-hydrogen) atoms. The standard InChI is InChI=1S/C24H22N6O2S/c31-22-10-4-8-20-18-11-16(13-29(20)22)12-28(14-18)23(32)15-33-24-25-26-27-30(24)21-9-3-6-17-5-1-2-7-19(17)21/h1-10,16,18H,11-15H2. The maximum Gasteiger partial charge on any atom is 0.250 e. The fourth-order valence-electron chi connectivity index (χ4n) is 5.13. The van der Waals surface area contributed by atoms with Crippen LogP contribution in [0.15, 0.2) is 70.6 Å². The smallest absolute Gasteiger partial charge is 0.250 e. The number of tetrazole rings is 1. The minimum absolute atomic E-state index is 0.0535. The normalized spacial score (nSPS) is 19.5. The SMILES string of the molecule is O=C(CSc1nnnn1-c1cccc2ccccc12)N1CC2CC(C1)c1cccc(=O)n1C2. The van der Waals surface area contributed by atoms with Gasteiger partial charge in [0.25, 0.3) is 5.56 Å². The summed E-state index contributed by atoms with van der Waals surface area (Å²) in [6.45, 7) is 2.01. The van der Waals surface area contributed by atoms with E-state index < -0.39 is 0 Å². The highest BCUT2D eigenvalue weighted by Gasteiger charge is 2.36. The third-order valence-corrected chi connectivity index (χ3v) is 7.50. The Morgan fingerprint density at radius 2 is 1.85 bits per heavy atom. The zero-order valence-electron chi connectivity index (χ0n) is 17.9. The van der Waals surface area contributed by atoms with Crippen LogP contribution in [-0.4, -0.2) is 54.4 Å². The van der Waals surface area contributed by atoms with E-state index in [4.69, 9.17) is 0 Å². The lowest BCUT2D eigenvalue weighted by molar-refractivity contribution is -0.131. The molecular formula is C24H22N6O2S. The first-order valence-electron chi connectivity index (χ1n) is 11.0. The highest BCUT2D eigenvalue weighted by molar-refractivity contribution is 7.99. The molecule has 4 heterocycles. The van der Waals surface area contributed by atoms with Crippen molar-refractivity contribution in [3.05, 3.63) is 76.7 Å². The van der Waals surface area contributed by atoms with Crippen LogP contribution < -0.4 is 5.56 Å². The summed E-state index contributed by atoms with van der Waals surface area (Å²) in [5.41, 5.74) is 1.99. The Labute approximate surface area is 194 Å². The van der Waals surface area contributed by atoms with Crippen molar-refractivity contribution in [2.45, 2.75) is 24.0 Å². The second-order valence-corrected chi connectivity index (χ2v) is 9.60. The Kier molecular flexibility index (Phi) is 4.98. The van der Waals surface area contributed by atoms with Crippen LogP contribution in [0.2, 0.25) is 0 Å². The molecule has 9 heteroatoms. The van der Waals surface area contributed by atoms with Gasteiger partial charge in [-0.15, -0.1) is 5.10 Å². The Morgan fingerprint density at radius 1 is 1.00 bits per heavy atom. The second kappa shape index (κ2) is 8.15. The lowest BCUT2D eigenvalue weighted by atomic mass is 9.83. The number of thioether (sulfide) groups is 1. The minimum atomic E-state index is 0.0535. The number of likely N-dealkylation sites (tertiary alicyclic amines) is 1. The van der Waals surface area contributed by atoms with Crippen molar-refractivity contribution in [2.75, 3.05) is 18.8 Å². The summed E-state index contributed by atoms with van der Waals surface area (Å²) in [6.07, 6.45) is 1.03. The third-order valence-electron chi connectivity index (χ3n) is 6.59. The Bertz CT molecular complexity index is 1410. The third kappa shape index (κ3) is 3.62. The number of amides is 1. The summed E-state index contributed by atoms with van der Waals surface area (Å²) >= 11 is 1.36. The zero-order chi connectivity index (χ0) is 22.4. The van der Waals surface area contributed by atoms with E-state index in [1.165, 1.54) is 11.8 Å². The van der Waals surface area contributed by atoms with Crippen LogP contribution in [0.4, 0.5) is 0 Å². The van der Waals surface area contributed by atoms with Gasteiger partial charge in [-0.3, -0.25) is 9.59 Å². The van der Waals surface area contributed by atoms with Gasteiger partial charge in [0, 0.05) is 42.7 Å². The number of nitrogens with zero attached hydrogens (tertiary/aromatic N) is 6. The van der Waals surface area contributed by atoms with Gasteiger partial charge in [0.05, 0.1) is 11.4 Å². The molecule has 0 N–H and O–H groups in total. The molecule has 0 saturated carbocycles. The Balaban J connectivity index is 1.19. The molecule has 2 unspecified atom stereocenters. The van der Waals surface area contributed by atoms with Gasteiger partial charge in [-0.25, -0.2) is 0 Å². The Hall–Kier alpha value is -3.46. The number of aromatic nitrogens is 5. The van der Waals surface area contributed by atoms with Crippen LogP contribution in [0.5, 0.6) is 0 Å². The predicted octanol–water partition coefficient (Wildman–Crippen LogP) is 2.72. The minimum Gasteiger partial charge on any atom is -0.341 e. The highest BCUT2D eigenvalue weighted by atomic mass is 32.2. The van der Waals surface area contributed by atoms with E-state index in [0.717, 1.165) is 28.6 Å². The van der Waals surface area contributed by atoms with E-state index in [2.05, 4.69) is 27.7 Å². The molecule has 2 atom stereocenters. The summed E-state index contributed by atoms with van der Waals surface area (Å²) < 4.78 is 3.58. The number of piperidine rings is 1. The highest BCUT2D eigenvalue weighted by Crippen LogP contribution is 2.35. The van der Waals surface area contributed by atoms with Crippen molar-refractivity contribution < 1.29 is 4.79 Å². The van der Waals surface area contributed by atoms with Crippen molar-refractivity contribution >= 4 is 28.4 Å². The average molecular weight is 459 g/mol. The lowest BCUT2D eigenvalue weighted by Crippen LogP contribution is -2.49. The Morgan fingerprint density at radius 3 is 2.79 bits per heavy atom. The topological polar surface area (TPSA) is 85.9 Å². The largest absolute Gasteiger partial charge is 0.341 e. The number of benzene rings is 2. The number of fused-ring (bicyclic) bond motifs is 5. The van der Waals surface area contributed by atoms with E-state index in [9.17, 15) is 9.59 Å². The van der Waals surface area contributed by atoms with Gasteiger partial charge in [-0.05, 0) is 40.3 Å². The number of rotatable bonds is 4. The van der Waals surface area contributed by atoms with Gasteiger partial charge in [-0.2, -0.15) is 4.68 Å². The molecule has 1 amide bonds. The number of carbonyl (C=O) groups is 1. The van der Waals surface area contributed by atoms with E-state index in [-0.39, 0.29) is 23.1 Å². The summed E-state index contributed by atoms with van der Waals surface area (Å²) in [7, 11) is 0. The molecule has 2 bridgehead atoms. The number of pyridine rings is 1. The van der Waals surface area contributed by atoms with Crippen molar-refractivity contribution in [3.8, 4) is 5.69 Å².